The molecule has 1 aliphatic rings. The minimum Gasteiger partial charge on any atom is -0.427 e. The number of imide groups is 1. The van der Waals surface area contributed by atoms with E-state index in [1.807, 2.05) is 12.1 Å². The largest absolute Gasteiger partial charge is 0.427 e. The number of ketones is 1. The van der Waals surface area contributed by atoms with E-state index >= 15 is 0 Å². The Balaban J connectivity index is 1.39. The molecule has 0 aliphatic carbocycles. The van der Waals surface area contributed by atoms with Gasteiger partial charge in [0.05, 0.1) is 0 Å². The Bertz CT molecular complexity index is 1130. The van der Waals surface area contributed by atoms with Gasteiger partial charge in [-0.15, -0.1) is 0 Å². The number of rotatable bonds is 6. The Morgan fingerprint density at radius 3 is 2.03 bits per heavy atom. The maximum atomic E-state index is 12.8. The van der Waals surface area contributed by atoms with Crippen LogP contribution in [0.3, 0.4) is 0 Å². The van der Waals surface area contributed by atoms with E-state index < -0.39 is 5.97 Å². The fraction of sp³-hybridized carbons (Fsp3) is 0.167. The maximum absolute atomic E-state index is 12.8. The first kappa shape index (κ1) is 19.5. The van der Waals surface area contributed by atoms with Gasteiger partial charge in [0.15, 0.2) is 5.78 Å². The van der Waals surface area contributed by atoms with E-state index in [0.717, 1.165) is 5.39 Å². The average Bonchev–Trinajstić information content (AvgIpc) is 2.74. The molecule has 0 spiro atoms. The third kappa shape index (κ3) is 3.59. The zero-order valence-corrected chi connectivity index (χ0v) is 16.4. The van der Waals surface area contributed by atoms with Gasteiger partial charge in [-0.3, -0.25) is 24.1 Å². The Kier molecular flexibility index (Phi) is 5.14. The molecule has 0 aromatic heterocycles. The molecule has 3 aromatic carbocycles. The summed E-state index contributed by atoms with van der Waals surface area (Å²) in [6, 6.07) is 17.1. The molecule has 1 heterocycles. The summed E-state index contributed by atoms with van der Waals surface area (Å²) in [4.78, 5) is 50.2. The van der Waals surface area contributed by atoms with Gasteiger partial charge in [0, 0.05) is 35.0 Å². The quantitative estimate of drug-likeness (QED) is 0.270. The van der Waals surface area contributed by atoms with Crippen molar-refractivity contribution >= 4 is 34.3 Å². The molecule has 3 aromatic rings. The summed E-state index contributed by atoms with van der Waals surface area (Å²) in [7, 11) is 0. The molecule has 0 saturated heterocycles. The Morgan fingerprint density at radius 2 is 1.47 bits per heavy atom. The smallest absolute Gasteiger partial charge is 0.311 e. The van der Waals surface area contributed by atoms with Crippen molar-refractivity contribution in [2.45, 2.75) is 19.8 Å². The minimum absolute atomic E-state index is 0.0529. The van der Waals surface area contributed by atoms with Crippen LogP contribution in [0, 0.1) is 0 Å². The number of carbonyl (C=O) groups excluding carboxylic acids is 4. The van der Waals surface area contributed by atoms with Crippen LogP contribution in [-0.4, -0.2) is 35.0 Å². The summed E-state index contributed by atoms with van der Waals surface area (Å²) in [6.45, 7) is 1.59. The van der Waals surface area contributed by atoms with Gasteiger partial charge in [-0.2, -0.15) is 0 Å². The molecule has 0 N–H and O–H groups in total. The molecule has 0 radical (unpaired) electrons. The summed E-state index contributed by atoms with van der Waals surface area (Å²) in [6.07, 6.45) is 0.345. The van der Waals surface area contributed by atoms with Gasteiger partial charge < -0.3 is 4.74 Å². The topological polar surface area (TPSA) is 80.8 Å². The Hall–Kier alpha value is -3.80. The normalized spacial score (nSPS) is 12.9. The van der Waals surface area contributed by atoms with Crippen molar-refractivity contribution in [3.63, 3.8) is 0 Å². The van der Waals surface area contributed by atoms with E-state index in [-0.39, 0.29) is 30.6 Å². The average molecular weight is 401 g/mol. The molecule has 2 amide bonds. The number of hydrogen-bond donors (Lipinski definition) is 0. The second-order valence-electron chi connectivity index (χ2n) is 7.13. The van der Waals surface area contributed by atoms with E-state index in [0.29, 0.717) is 34.2 Å². The Morgan fingerprint density at radius 1 is 0.867 bits per heavy atom. The van der Waals surface area contributed by atoms with Crippen LogP contribution in [0.2, 0.25) is 0 Å². The second kappa shape index (κ2) is 7.91. The van der Waals surface area contributed by atoms with Crippen LogP contribution in [0.15, 0.2) is 60.7 Å². The molecule has 0 saturated carbocycles. The summed E-state index contributed by atoms with van der Waals surface area (Å²) < 4.78 is 5.26. The molecule has 0 fully saturated rings. The van der Waals surface area contributed by atoms with Crippen molar-refractivity contribution in [2.75, 3.05) is 6.54 Å². The highest BCUT2D eigenvalue weighted by atomic mass is 16.5. The molecule has 150 valence electrons. The highest BCUT2D eigenvalue weighted by molar-refractivity contribution is 6.25. The third-order valence-electron chi connectivity index (χ3n) is 5.11. The molecular formula is C24H19NO5. The van der Waals surface area contributed by atoms with Gasteiger partial charge >= 0.3 is 5.97 Å². The summed E-state index contributed by atoms with van der Waals surface area (Å²) in [5, 5.41) is 1.53. The first-order valence-corrected chi connectivity index (χ1v) is 9.65. The highest BCUT2D eigenvalue weighted by Crippen LogP contribution is 2.30. The van der Waals surface area contributed by atoms with Gasteiger partial charge in [-0.25, -0.2) is 0 Å². The van der Waals surface area contributed by atoms with Crippen molar-refractivity contribution in [1.82, 2.24) is 4.90 Å². The third-order valence-corrected chi connectivity index (χ3v) is 5.11. The molecule has 0 atom stereocenters. The summed E-state index contributed by atoms with van der Waals surface area (Å²) >= 11 is 0. The van der Waals surface area contributed by atoms with E-state index in [2.05, 4.69) is 0 Å². The zero-order chi connectivity index (χ0) is 21.3. The van der Waals surface area contributed by atoms with Gasteiger partial charge in [0.1, 0.15) is 5.75 Å². The first-order valence-electron chi connectivity index (χ1n) is 9.65. The van der Waals surface area contributed by atoms with Crippen LogP contribution < -0.4 is 4.74 Å². The lowest BCUT2D eigenvalue weighted by Gasteiger charge is -2.27. The first-order chi connectivity index (χ1) is 14.5. The van der Waals surface area contributed by atoms with Gasteiger partial charge in [0.25, 0.3) is 11.8 Å². The lowest BCUT2D eigenvalue weighted by atomic mass is 9.94. The molecule has 6 nitrogen and oxygen atoms in total. The van der Waals surface area contributed by atoms with E-state index in [9.17, 15) is 19.2 Å². The number of nitrogens with zero attached hydrogens (tertiary/aromatic N) is 1. The van der Waals surface area contributed by atoms with Crippen molar-refractivity contribution < 1.29 is 23.9 Å². The van der Waals surface area contributed by atoms with E-state index in [1.165, 1.54) is 11.8 Å². The fourth-order valence-electron chi connectivity index (χ4n) is 3.61. The monoisotopic (exact) mass is 401 g/mol. The van der Waals surface area contributed by atoms with Crippen molar-refractivity contribution in [2.24, 2.45) is 0 Å². The molecule has 6 heteroatoms. The Labute approximate surface area is 173 Å². The number of esters is 1. The van der Waals surface area contributed by atoms with Crippen molar-refractivity contribution in [3.8, 4) is 5.75 Å². The van der Waals surface area contributed by atoms with Crippen molar-refractivity contribution in [3.05, 3.63) is 77.4 Å². The molecule has 1 aliphatic heterocycles. The summed E-state index contributed by atoms with van der Waals surface area (Å²) in [5.41, 5.74) is 1.53. The number of hydrogen-bond acceptors (Lipinski definition) is 5. The number of benzene rings is 3. The van der Waals surface area contributed by atoms with Crippen LogP contribution in [0.1, 0.15) is 50.8 Å². The predicted octanol–water partition coefficient (Wildman–Crippen LogP) is 4.02. The molecule has 30 heavy (non-hydrogen) atoms. The minimum atomic E-state index is -0.468. The summed E-state index contributed by atoms with van der Waals surface area (Å²) in [5.74, 6) is -0.892. The zero-order valence-electron chi connectivity index (χ0n) is 16.4. The van der Waals surface area contributed by atoms with Crippen LogP contribution in [0.5, 0.6) is 5.75 Å². The number of amides is 2. The molecule has 4 rings (SSSR count). The van der Waals surface area contributed by atoms with E-state index in [4.69, 9.17) is 4.74 Å². The SMILES string of the molecule is CC(=O)c1ccc(OC(=O)CCCN2C(=O)c3cccc4cccc(c34)C2=O)cc1. The second-order valence-corrected chi connectivity index (χ2v) is 7.13. The fourth-order valence-corrected chi connectivity index (χ4v) is 3.61. The van der Waals surface area contributed by atoms with Crippen LogP contribution in [0.25, 0.3) is 10.8 Å². The molecule has 0 unspecified atom stereocenters. The molecule has 0 bridgehead atoms. The van der Waals surface area contributed by atoms with Gasteiger partial charge in [0.2, 0.25) is 0 Å². The number of ether oxygens (including phenoxy) is 1. The van der Waals surface area contributed by atoms with E-state index in [1.54, 1.807) is 48.5 Å². The lowest BCUT2D eigenvalue weighted by Crippen LogP contribution is -2.41. The van der Waals surface area contributed by atoms with Gasteiger partial charge in [-0.1, -0.05) is 24.3 Å². The highest BCUT2D eigenvalue weighted by Gasteiger charge is 2.32. The number of carbonyl (C=O) groups is 4. The standard InChI is InChI=1S/C24H19NO5/c1-15(26)16-10-12-18(13-11-16)30-21(27)9-4-14-25-23(28)19-7-2-5-17-6-3-8-20(22(17)19)24(25)29/h2-3,5-8,10-13H,4,9,14H2,1H3. The molecular weight excluding hydrogens is 382 g/mol. The van der Waals surface area contributed by atoms with Crippen LogP contribution in [-0.2, 0) is 4.79 Å². The van der Waals surface area contributed by atoms with Gasteiger partial charge in [-0.05, 0) is 55.1 Å². The van der Waals surface area contributed by atoms with Crippen LogP contribution in [0.4, 0.5) is 0 Å². The predicted molar refractivity (Wildman–Crippen MR) is 111 cm³/mol. The number of Topliss-reactive ketones (excluding diaryl/α,β-unsaturated/α-hetero) is 1. The van der Waals surface area contributed by atoms with Crippen molar-refractivity contribution in [1.29, 1.82) is 0 Å². The lowest BCUT2D eigenvalue weighted by molar-refractivity contribution is -0.134. The van der Waals surface area contributed by atoms with Crippen LogP contribution >= 0.6 is 0 Å². The maximum Gasteiger partial charge on any atom is 0.311 e.